The van der Waals surface area contributed by atoms with Gasteiger partial charge in [0.2, 0.25) is 0 Å². The third-order valence-electron chi connectivity index (χ3n) is 9.63. The fourth-order valence-corrected chi connectivity index (χ4v) is 7.71. The van der Waals surface area contributed by atoms with Gasteiger partial charge in [-0.15, -0.1) is 0 Å². The van der Waals surface area contributed by atoms with Crippen LogP contribution in [0.1, 0.15) is 0 Å². The van der Waals surface area contributed by atoms with Crippen molar-refractivity contribution in [2.24, 2.45) is 0 Å². The number of hydrogen-bond acceptors (Lipinski definition) is 1. The minimum absolute atomic E-state index is 0.901. The van der Waals surface area contributed by atoms with Gasteiger partial charge >= 0.3 is 0 Å². The van der Waals surface area contributed by atoms with E-state index in [1.165, 1.54) is 81.7 Å². The summed E-state index contributed by atoms with van der Waals surface area (Å²) in [5.41, 5.74) is 7.35. The molecule has 0 aliphatic carbocycles. The summed E-state index contributed by atoms with van der Waals surface area (Å²) in [4.78, 5) is 0. The number of hydrogen-bond donors (Lipinski definition) is 0. The standard InChI is InChI=1S/C44H26O/c1-2-13-30-27(10-1)22-24-32-31(30)18-9-20-33(32)44-36-16-5-3-14-34(36)42(35-15-4-6-17-37(35)44)29-23-25-40-39(26-29)38-19-7-11-28-12-8-21-41(45-40)43(28)38/h1-26H. The van der Waals surface area contributed by atoms with Crippen LogP contribution in [0.25, 0.3) is 87.2 Å². The van der Waals surface area contributed by atoms with Crippen molar-refractivity contribution in [2.75, 3.05) is 0 Å². The lowest BCUT2D eigenvalue weighted by atomic mass is 9.83. The van der Waals surface area contributed by atoms with E-state index in [0.29, 0.717) is 0 Å². The molecule has 9 aromatic rings. The summed E-state index contributed by atoms with van der Waals surface area (Å²) in [7, 11) is 0. The van der Waals surface area contributed by atoms with Gasteiger partial charge in [0.05, 0.1) is 0 Å². The molecule has 1 aliphatic heterocycles. The summed E-state index contributed by atoms with van der Waals surface area (Å²) in [6.07, 6.45) is 0. The molecular weight excluding hydrogens is 544 g/mol. The van der Waals surface area contributed by atoms with Crippen LogP contribution in [-0.2, 0) is 0 Å². The Kier molecular flexibility index (Phi) is 5.06. The molecule has 1 aliphatic rings. The van der Waals surface area contributed by atoms with E-state index >= 15 is 0 Å². The molecule has 0 radical (unpaired) electrons. The minimum Gasteiger partial charge on any atom is -0.456 e. The third-order valence-corrected chi connectivity index (χ3v) is 9.63. The Bertz CT molecular complexity index is 2620. The van der Waals surface area contributed by atoms with E-state index in [9.17, 15) is 0 Å². The zero-order valence-electron chi connectivity index (χ0n) is 24.4. The number of fused-ring (bicyclic) bond motifs is 7. The second kappa shape index (κ2) is 9.29. The first-order valence-corrected chi connectivity index (χ1v) is 15.5. The van der Waals surface area contributed by atoms with Crippen molar-refractivity contribution in [1.82, 2.24) is 0 Å². The van der Waals surface area contributed by atoms with E-state index in [2.05, 4.69) is 158 Å². The second-order valence-electron chi connectivity index (χ2n) is 12.0. The van der Waals surface area contributed by atoms with Crippen molar-refractivity contribution in [1.29, 1.82) is 0 Å². The molecule has 0 amide bonds. The van der Waals surface area contributed by atoms with Crippen LogP contribution in [0.2, 0.25) is 0 Å². The summed E-state index contributed by atoms with van der Waals surface area (Å²) in [6.45, 7) is 0. The molecular formula is C44H26O. The molecule has 0 spiro atoms. The summed E-state index contributed by atoms with van der Waals surface area (Å²) in [5, 5.41) is 12.5. The van der Waals surface area contributed by atoms with Gasteiger partial charge < -0.3 is 4.74 Å². The van der Waals surface area contributed by atoms with Gasteiger partial charge in [-0.1, -0.05) is 140 Å². The van der Waals surface area contributed by atoms with Gasteiger partial charge in [-0.3, -0.25) is 0 Å². The predicted octanol–water partition coefficient (Wildman–Crippen LogP) is 12.6. The van der Waals surface area contributed by atoms with Crippen LogP contribution in [0, 0.1) is 0 Å². The lowest BCUT2D eigenvalue weighted by Crippen LogP contribution is -1.98. The van der Waals surface area contributed by atoms with Crippen molar-refractivity contribution in [3.63, 3.8) is 0 Å². The second-order valence-corrected chi connectivity index (χ2v) is 12.0. The van der Waals surface area contributed by atoms with E-state index in [4.69, 9.17) is 4.74 Å². The third kappa shape index (κ3) is 3.50. The predicted molar refractivity (Wildman–Crippen MR) is 190 cm³/mol. The Morgan fingerprint density at radius 3 is 1.69 bits per heavy atom. The topological polar surface area (TPSA) is 9.23 Å². The number of benzene rings is 9. The molecule has 0 fully saturated rings. The van der Waals surface area contributed by atoms with Gasteiger partial charge in [0.1, 0.15) is 11.5 Å². The smallest absolute Gasteiger partial charge is 0.135 e. The first kappa shape index (κ1) is 24.5. The highest BCUT2D eigenvalue weighted by atomic mass is 16.5. The molecule has 1 heterocycles. The van der Waals surface area contributed by atoms with E-state index in [1.807, 2.05) is 0 Å². The molecule has 0 bridgehead atoms. The largest absolute Gasteiger partial charge is 0.456 e. The van der Waals surface area contributed by atoms with Crippen LogP contribution in [0.15, 0.2) is 158 Å². The van der Waals surface area contributed by atoms with Crippen molar-refractivity contribution in [3.05, 3.63) is 158 Å². The average molecular weight is 571 g/mol. The quantitative estimate of drug-likeness (QED) is 0.148. The highest BCUT2D eigenvalue weighted by molar-refractivity contribution is 6.25. The van der Waals surface area contributed by atoms with Crippen LogP contribution >= 0.6 is 0 Å². The van der Waals surface area contributed by atoms with Crippen molar-refractivity contribution >= 4 is 53.9 Å². The van der Waals surface area contributed by atoms with Crippen LogP contribution in [0.4, 0.5) is 0 Å². The first-order valence-electron chi connectivity index (χ1n) is 15.5. The SMILES string of the molecule is c1cc2c3c(cccc3c1)-c1cc(-c3c4ccccc4c(-c4cccc5c4ccc4ccccc45)c4ccccc34)ccc1O2. The molecule has 0 saturated carbocycles. The lowest BCUT2D eigenvalue weighted by Gasteiger charge is -2.23. The zero-order valence-corrected chi connectivity index (χ0v) is 24.4. The van der Waals surface area contributed by atoms with E-state index < -0.39 is 0 Å². The normalized spacial score (nSPS) is 12.2. The molecule has 0 aromatic heterocycles. The number of rotatable bonds is 2. The highest BCUT2D eigenvalue weighted by Gasteiger charge is 2.23. The molecule has 45 heavy (non-hydrogen) atoms. The van der Waals surface area contributed by atoms with Gasteiger partial charge in [0.15, 0.2) is 0 Å². The van der Waals surface area contributed by atoms with Crippen LogP contribution in [0.5, 0.6) is 11.5 Å². The molecule has 0 saturated heterocycles. The van der Waals surface area contributed by atoms with Gasteiger partial charge in [-0.2, -0.15) is 0 Å². The Morgan fingerprint density at radius 1 is 0.311 bits per heavy atom. The summed E-state index contributed by atoms with van der Waals surface area (Å²) in [5.74, 6) is 1.82. The minimum atomic E-state index is 0.901. The summed E-state index contributed by atoms with van der Waals surface area (Å²) in [6, 6.07) is 57.4. The van der Waals surface area contributed by atoms with Crippen molar-refractivity contribution in [3.8, 4) is 44.9 Å². The zero-order chi connectivity index (χ0) is 29.5. The maximum absolute atomic E-state index is 6.46. The average Bonchev–Trinajstić information content (AvgIpc) is 3.10. The van der Waals surface area contributed by atoms with Crippen molar-refractivity contribution in [2.45, 2.75) is 0 Å². The van der Waals surface area contributed by atoms with Gasteiger partial charge in [-0.05, 0) is 94.5 Å². The highest BCUT2D eigenvalue weighted by Crippen LogP contribution is 2.50. The molecule has 0 N–H and O–H groups in total. The molecule has 0 unspecified atom stereocenters. The van der Waals surface area contributed by atoms with E-state index in [0.717, 1.165) is 17.1 Å². The number of ether oxygens (including phenoxy) is 1. The first-order chi connectivity index (χ1) is 22.3. The molecule has 9 aromatic carbocycles. The summed E-state index contributed by atoms with van der Waals surface area (Å²) >= 11 is 0. The molecule has 10 rings (SSSR count). The van der Waals surface area contributed by atoms with Gasteiger partial charge in [0, 0.05) is 10.9 Å². The Labute approximate surface area is 260 Å². The molecule has 208 valence electrons. The van der Waals surface area contributed by atoms with Crippen LogP contribution in [0.3, 0.4) is 0 Å². The van der Waals surface area contributed by atoms with Crippen LogP contribution in [-0.4, -0.2) is 0 Å². The fourth-order valence-electron chi connectivity index (χ4n) is 7.71. The molecule has 1 heteroatoms. The lowest BCUT2D eigenvalue weighted by molar-refractivity contribution is 0.487. The maximum atomic E-state index is 6.46. The fraction of sp³-hybridized carbons (Fsp3) is 0. The van der Waals surface area contributed by atoms with E-state index in [-0.39, 0.29) is 0 Å². The Balaban J connectivity index is 1.28. The Morgan fingerprint density at radius 2 is 0.911 bits per heavy atom. The Hall–Kier alpha value is -5.92. The molecule has 1 nitrogen and oxygen atoms in total. The monoisotopic (exact) mass is 570 g/mol. The van der Waals surface area contributed by atoms with Crippen LogP contribution < -0.4 is 4.74 Å². The van der Waals surface area contributed by atoms with Gasteiger partial charge in [0.25, 0.3) is 0 Å². The molecule has 0 atom stereocenters. The van der Waals surface area contributed by atoms with Gasteiger partial charge in [-0.25, -0.2) is 0 Å². The van der Waals surface area contributed by atoms with Crippen molar-refractivity contribution < 1.29 is 4.74 Å². The maximum Gasteiger partial charge on any atom is 0.135 e. The van der Waals surface area contributed by atoms with E-state index in [1.54, 1.807) is 0 Å². The summed E-state index contributed by atoms with van der Waals surface area (Å²) < 4.78 is 6.46.